The van der Waals surface area contributed by atoms with Gasteiger partial charge < -0.3 is 0 Å². The molecule has 0 N–H and O–H groups in total. The minimum Gasteiger partial charge on any atom is -0.0622 e. The summed E-state index contributed by atoms with van der Waals surface area (Å²) in [4.78, 5) is 0. The third-order valence-electron chi connectivity index (χ3n) is 9.47. The van der Waals surface area contributed by atoms with E-state index in [0.29, 0.717) is 0 Å². The zero-order valence-electron chi connectivity index (χ0n) is 25.3. The van der Waals surface area contributed by atoms with Gasteiger partial charge in [-0.25, -0.2) is 0 Å². The van der Waals surface area contributed by atoms with E-state index in [1.54, 1.807) is 0 Å². The number of rotatable bonds is 4. The molecule has 0 aliphatic carbocycles. The minimum absolute atomic E-state index is 1.23. The van der Waals surface area contributed by atoms with Crippen molar-refractivity contribution in [3.8, 4) is 44.5 Å². The SMILES string of the molecule is c1ccc(-c2ccccc2-c2c3ccccc3c(-c3ccc(-c4cc5ccccc5c5ccccc45)cc3)c3ccccc23)cc1. The first-order valence-electron chi connectivity index (χ1n) is 15.9. The van der Waals surface area contributed by atoms with Gasteiger partial charge in [-0.3, -0.25) is 0 Å². The lowest BCUT2D eigenvalue weighted by atomic mass is 9.83. The monoisotopic (exact) mass is 582 g/mol. The lowest BCUT2D eigenvalue weighted by Gasteiger charge is -2.20. The summed E-state index contributed by atoms with van der Waals surface area (Å²) >= 11 is 0. The highest BCUT2D eigenvalue weighted by molar-refractivity contribution is 6.22. The molecule has 0 aliphatic heterocycles. The Bertz CT molecular complexity index is 2500. The average molecular weight is 583 g/mol. The van der Waals surface area contributed by atoms with Crippen LogP contribution in [-0.4, -0.2) is 0 Å². The molecule has 0 radical (unpaired) electrons. The summed E-state index contributed by atoms with van der Waals surface area (Å²) in [6.07, 6.45) is 0. The Morgan fingerprint density at radius 1 is 0.217 bits per heavy atom. The van der Waals surface area contributed by atoms with Crippen molar-refractivity contribution in [1.82, 2.24) is 0 Å². The van der Waals surface area contributed by atoms with Gasteiger partial charge in [0.05, 0.1) is 0 Å². The van der Waals surface area contributed by atoms with E-state index in [4.69, 9.17) is 0 Å². The third-order valence-corrected chi connectivity index (χ3v) is 9.47. The van der Waals surface area contributed by atoms with Gasteiger partial charge in [0.15, 0.2) is 0 Å². The first kappa shape index (κ1) is 26.4. The van der Waals surface area contributed by atoms with E-state index in [9.17, 15) is 0 Å². The second-order valence-corrected chi connectivity index (χ2v) is 12.0. The maximum absolute atomic E-state index is 2.34. The molecule has 0 heteroatoms. The molecule has 9 rings (SSSR count). The van der Waals surface area contributed by atoms with Crippen LogP contribution in [-0.2, 0) is 0 Å². The van der Waals surface area contributed by atoms with Crippen LogP contribution in [0.15, 0.2) is 182 Å². The third kappa shape index (κ3) is 4.23. The van der Waals surface area contributed by atoms with Crippen LogP contribution in [0.3, 0.4) is 0 Å². The van der Waals surface area contributed by atoms with Crippen LogP contribution in [0, 0.1) is 0 Å². The smallest absolute Gasteiger partial charge is 0.00201 e. The van der Waals surface area contributed by atoms with Crippen LogP contribution in [0.2, 0.25) is 0 Å². The fraction of sp³-hybridized carbons (Fsp3) is 0. The van der Waals surface area contributed by atoms with Crippen LogP contribution in [0.1, 0.15) is 0 Å². The normalized spacial score (nSPS) is 11.5. The summed E-state index contributed by atoms with van der Waals surface area (Å²) in [5, 5.41) is 10.2. The summed E-state index contributed by atoms with van der Waals surface area (Å²) in [7, 11) is 0. The summed E-state index contributed by atoms with van der Waals surface area (Å²) in [5.41, 5.74) is 10.0. The van der Waals surface area contributed by atoms with Crippen molar-refractivity contribution in [2.75, 3.05) is 0 Å². The van der Waals surface area contributed by atoms with Gasteiger partial charge in [-0.1, -0.05) is 176 Å². The summed E-state index contributed by atoms with van der Waals surface area (Å²) < 4.78 is 0. The fourth-order valence-electron chi connectivity index (χ4n) is 7.41. The van der Waals surface area contributed by atoms with Gasteiger partial charge in [-0.15, -0.1) is 0 Å². The topological polar surface area (TPSA) is 0 Å². The Hall–Kier alpha value is -5.98. The van der Waals surface area contributed by atoms with Crippen molar-refractivity contribution >= 4 is 43.1 Å². The van der Waals surface area contributed by atoms with Gasteiger partial charge in [-0.2, -0.15) is 0 Å². The zero-order chi connectivity index (χ0) is 30.5. The number of fused-ring (bicyclic) bond motifs is 5. The first-order chi connectivity index (χ1) is 22.8. The molecular formula is C46H30. The first-order valence-corrected chi connectivity index (χ1v) is 15.9. The molecular weight excluding hydrogens is 553 g/mol. The Kier molecular flexibility index (Phi) is 6.25. The zero-order valence-corrected chi connectivity index (χ0v) is 25.3. The maximum atomic E-state index is 2.34. The highest BCUT2D eigenvalue weighted by atomic mass is 14.2. The Morgan fingerprint density at radius 3 is 1.30 bits per heavy atom. The molecule has 214 valence electrons. The van der Waals surface area contributed by atoms with E-state index in [1.165, 1.54) is 87.6 Å². The lowest BCUT2D eigenvalue weighted by molar-refractivity contribution is 1.60. The molecule has 0 nitrogen and oxygen atoms in total. The average Bonchev–Trinajstić information content (AvgIpc) is 3.14. The predicted octanol–water partition coefficient (Wildman–Crippen LogP) is 13.0. The van der Waals surface area contributed by atoms with Crippen molar-refractivity contribution in [3.05, 3.63) is 182 Å². The molecule has 0 atom stereocenters. The van der Waals surface area contributed by atoms with Crippen LogP contribution in [0.25, 0.3) is 87.6 Å². The standard InChI is InChI=1S/C46H30/c1-2-14-31(15-3-1)35-17-6-9-21-39(35)46-42-24-12-10-22-40(42)45(41-23-11-13-25-43(41)46)33-28-26-32(27-29-33)44-30-34-16-4-5-18-36(34)37-19-7-8-20-38(37)44/h1-30H. The van der Waals surface area contributed by atoms with Crippen LogP contribution in [0.4, 0.5) is 0 Å². The van der Waals surface area contributed by atoms with Crippen LogP contribution < -0.4 is 0 Å². The van der Waals surface area contributed by atoms with E-state index in [0.717, 1.165) is 0 Å². The van der Waals surface area contributed by atoms with E-state index >= 15 is 0 Å². The second kappa shape index (κ2) is 10.9. The fourth-order valence-corrected chi connectivity index (χ4v) is 7.41. The largest absolute Gasteiger partial charge is 0.0622 e. The summed E-state index contributed by atoms with van der Waals surface area (Å²) in [6, 6.07) is 66.4. The van der Waals surface area contributed by atoms with Gasteiger partial charge in [0.25, 0.3) is 0 Å². The quantitative estimate of drug-likeness (QED) is 0.143. The molecule has 0 unspecified atom stereocenters. The van der Waals surface area contributed by atoms with Crippen molar-refractivity contribution in [1.29, 1.82) is 0 Å². The number of hydrogen-bond acceptors (Lipinski definition) is 0. The number of benzene rings is 9. The molecule has 9 aromatic rings. The van der Waals surface area contributed by atoms with Gasteiger partial charge in [0.2, 0.25) is 0 Å². The second-order valence-electron chi connectivity index (χ2n) is 12.0. The number of hydrogen-bond donors (Lipinski definition) is 0. The molecule has 0 aromatic heterocycles. The van der Waals surface area contributed by atoms with E-state index in [1.807, 2.05) is 0 Å². The van der Waals surface area contributed by atoms with Gasteiger partial charge in [0, 0.05) is 0 Å². The highest BCUT2D eigenvalue weighted by Gasteiger charge is 2.19. The molecule has 0 fully saturated rings. The molecule has 9 aromatic carbocycles. The van der Waals surface area contributed by atoms with Crippen LogP contribution >= 0.6 is 0 Å². The predicted molar refractivity (Wildman–Crippen MR) is 198 cm³/mol. The van der Waals surface area contributed by atoms with E-state index < -0.39 is 0 Å². The molecule has 0 aliphatic rings. The summed E-state index contributed by atoms with van der Waals surface area (Å²) in [6.45, 7) is 0. The highest BCUT2D eigenvalue weighted by Crippen LogP contribution is 2.46. The van der Waals surface area contributed by atoms with Gasteiger partial charge in [-0.05, 0) is 93.7 Å². The Labute approximate surface area is 268 Å². The van der Waals surface area contributed by atoms with Crippen molar-refractivity contribution < 1.29 is 0 Å². The molecule has 0 saturated carbocycles. The molecule has 46 heavy (non-hydrogen) atoms. The van der Waals surface area contributed by atoms with E-state index in [-0.39, 0.29) is 0 Å². The molecule has 0 heterocycles. The molecule has 0 spiro atoms. The van der Waals surface area contributed by atoms with Crippen molar-refractivity contribution in [3.63, 3.8) is 0 Å². The lowest BCUT2D eigenvalue weighted by Crippen LogP contribution is -1.92. The Balaban J connectivity index is 1.27. The van der Waals surface area contributed by atoms with E-state index in [2.05, 4.69) is 182 Å². The van der Waals surface area contributed by atoms with Gasteiger partial charge in [0.1, 0.15) is 0 Å². The van der Waals surface area contributed by atoms with Crippen molar-refractivity contribution in [2.24, 2.45) is 0 Å². The maximum Gasteiger partial charge on any atom is -0.00201 e. The van der Waals surface area contributed by atoms with Crippen molar-refractivity contribution in [2.45, 2.75) is 0 Å². The molecule has 0 amide bonds. The minimum atomic E-state index is 1.23. The van der Waals surface area contributed by atoms with Gasteiger partial charge >= 0.3 is 0 Å². The molecule has 0 saturated heterocycles. The summed E-state index contributed by atoms with van der Waals surface area (Å²) in [5.74, 6) is 0. The Morgan fingerprint density at radius 2 is 0.652 bits per heavy atom. The molecule has 0 bridgehead atoms. The van der Waals surface area contributed by atoms with Crippen LogP contribution in [0.5, 0.6) is 0 Å².